The predicted octanol–water partition coefficient (Wildman–Crippen LogP) is 3.91. The van der Waals surface area contributed by atoms with Crippen molar-refractivity contribution in [2.45, 2.75) is 44.7 Å². The smallest absolute Gasteiger partial charge is 0.253 e. The number of carbonyl (C=O) groups excluding carboxylic acids is 1. The van der Waals surface area contributed by atoms with Gasteiger partial charge in [0.15, 0.2) is 0 Å². The van der Waals surface area contributed by atoms with E-state index in [1.807, 2.05) is 60.7 Å². The van der Waals surface area contributed by atoms with E-state index in [0.717, 1.165) is 23.6 Å². The van der Waals surface area contributed by atoms with Crippen molar-refractivity contribution in [2.75, 3.05) is 0 Å². The number of nitrogens with zero attached hydrogens (tertiary/aromatic N) is 2. The molecule has 0 spiro atoms. The number of imidazole rings is 1. The monoisotopic (exact) mass is 400 g/mol. The van der Waals surface area contributed by atoms with Crippen LogP contribution in [0.1, 0.15) is 36.2 Å². The first-order chi connectivity index (χ1) is 14.6. The van der Waals surface area contributed by atoms with Crippen LogP contribution >= 0.6 is 0 Å². The summed E-state index contributed by atoms with van der Waals surface area (Å²) in [6, 6.07) is 19.8. The summed E-state index contributed by atoms with van der Waals surface area (Å²) in [5.41, 5.74) is 7.09. The molecule has 3 aromatic rings. The van der Waals surface area contributed by atoms with Gasteiger partial charge >= 0.3 is 0 Å². The number of benzene rings is 2. The van der Waals surface area contributed by atoms with Gasteiger partial charge in [0.2, 0.25) is 5.91 Å². The van der Waals surface area contributed by atoms with Crippen LogP contribution in [0.5, 0.6) is 0 Å². The lowest BCUT2D eigenvalue weighted by Gasteiger charge is -2.31. The number of primary amides is 1. The van der Waals surface area contributed by atoms with E-state index in [9.17, 15) is 4.79 Å². The molecule has 0 bridgehead atoms. The predicted molar refractivity (Wildman–Crippen MR) is 119 cm³/mol. The maximum atomic E-state index is 12.9. The lowest BCUT2D eigenvalue weighted by Crippen LogP contribution is -2.43. The molecule has 1 aliphatic rings. The van der Waals surface area contributed by atoms with Crippen molar-refractivity contribution in [3.8, 4) is 0 Å². The molecule has 1 aliphatic carbocycles. The first-order valence-corrected chi connectivity index (χ1v) is 10.7. The van der Waals surface area contributed by atoms with Crippen LogP contribution in [0.15, 0.2) is 85.2 Å². The normalized spacial score (nSPS) is 14.3. The Labute approximate surface area is 178 Å². The molecule has 0 radical (unpaired) electrons. The second kappa shape index (κ2) is 8.70. The second-order valence-corrected chi connectivity index (χ2v) is 8.21. The lowest BCUT2D eigenvalue weighted by molar-refractivity contribution is -0.692. The van der Waals surface area contributed by atoms with Gasteiger partial charge in [-0.05, 0) is 36.0 Å². The number of hydrogen-bond acceptors (Lipinski definition) is 1. The van der Waals surface area contributed by atoms with Crippen molar-refractivity contribution in [3.63, 3.8) is 0 Å². The van der Waals surface area contributed by atoms with E-state index in [1.54, 1.807) is 0 Å². The zero-order valence-corrected chi connectivity index (χ0v) is 17.6. The molecule has 1 amide bonds. The van der Waals surface area contributed by atoms with E-state index in [2.05, 4.69) is 40.6 Å². The highest BCUT2D eigenvalue weighted by Gasteiger charge is 2.40. The van der Waals surface area contributed by atoms with Crippen LogP contribution in [0.2, 0.25) is 0 Å². The first kappa shape index (κ1) is 20.1. The van der Waals surface area contributed by atoms with Gasteiger partial charge in [-0.1, -0.05) is 66.7 Å². The number of amides is 1. The molecular formula is C26H30N3O+. The zero-order chi connectivity index (χ0) is 21.0. The Morgan fingerprint density at radius 2 is 1.70 bits per heavy atom. The maximum absolute atomic E-state index is 12.9. The summed E-state index contributed by atoms with van der Waals surface area (Å²) < 4.78 is 4.46. The summed E-state index contributed by atoms with van der Waals surface area (Å²) in [4.78, 5) is 12.9. The van der Waals surface area contributed by atoms with E-state index in [4.69, 9.17) is 5.73 Å². The van der Waals surface area contributed by atoms with Gasteiger partial charge in [-0.2, -0.15) is 0 Å². The van der Waals surface area contributed by atoms with E-state index < -0.39 is 5.41 Å². The molecule has 1 aromatic heterocycles. The largest absolute Gasteiger partial charge is 0.369 e. The minimum absolute atomic E-state index is 0.315. The standard InChI is InChI=1S/C26H29N3O/c1-21-28(17-8-9-22-14-15-22)19-20-29(21)18-16-26(25(27)30,23-10-4-2-5-11-23)24-12-6-3-7-13-24/h2-13,19-20,22H,14-18H2,1H3,(H-,27,30)/p+1/b9-8+. The van der Waals surface area contributed by atoms with Gasteiger partial charge in [0.1, 0.15) is 24.4 Å². The SMILES string of the molecule is Cc1n(CCC(C(N)=O)(c2ccccc2)c2ccccc2)cc[n+]1C/C=C/C1CC1. The van der Waals surface area contributed by atoms with E-state index >= 15 is 0 Å². The number of aromatic nitrogens is 2. The summed E-state index contributed by atoms with van der Waals surface area (Å²) in [5, 5.41) is 0. The fourth-order valence-electron chi connectivity index (χ4n) is 4.22. The number of aryl methyl sites for hydroxylation is 1. The van der Waals surface area contributed by atoms with Crippen molar-refractivity contribution in [2.24, 2.45) is 11.7 Å². The fraction of sp³-hybridized carbons (Fsp3) is 0.308. The van der Waals surface area contributed by atoms with E-state index in [-0.39, 0.29) is 5.91 Å². The fourth-order valence-corrected chi connectivity index (χ4v) is 4.22. The lowest BCUT2D eigenvalue weighted by atomic mass is 9.71. The molecule has 4 heteroatoms. The molecule has 2 N–H and O–H groups in total. The quantitative estimate of drug-likeness (QED) is 0.430. The second-order valence-electron chi connectivity index (χ2n) is 8.21. The molecule has 0 atom stereocenters. The number of allylic oxidation sites excluding steroid dienone is 2. The van der Waals surface area contributed by atoms with Crippen molar-refractivity contribution in [1.29, 1.82) is 0 Å². The minimum Gasteiger partial charge on any atom is -0.369 e. The van der Waals surface area contributed by atoms with Crippen LogP contribution in [-0.2, 0) is 23.3 Å². The molecule has 1 saturated carbocycles. The third-order valence-corrected chi connectivity index (χ3v) is 6.27. The third-order valence-electron chi connectivity index (χ3n) is 6.27. The summed E-state index contributed by atoms with van der Waals surface area (Å²) in [6.45, 7) is 3.72. The first-order valence-electron chi connectivity index (χ1n) is 10.7. The van der Waals surface area contributed by atoms with Crippen molar-refractivity contribution in [1.82, 2.24) is 4.57 Å². The topological polar surface area (TPSA) is 51.9 Å². The molecule has 4 nitrogen and oxygen atoms in total. The highest BCUT2D eigenvalue weighted by atomic mass is 16.1. The van der Waals surface area contributed by atoms with Crippen LogP contribution in [0.3, 0.4) is 0 Å². The third kappa shape index (κ3) is 4.09. The Morgan fingerprint density at radius 3 is 2.23 bits per heavy atom. The summed E-state index contributed by atoms with van der Waals surface area (Å²) >= 11 is 0. The van der Waals surface area contributed by atoms with Crippen molar-refractivity contribution < 1.29 is 9.36 Å². The zero-order valence-electron chi connectivity index (χ0n) is 17.6. The van der Waals surface area contributed by atoms with Gasteiger partial charge < -0.3 is 5.73 Å². The van der Waals surface area contributed by atoms with Gasteiger partial charge in [-0.3, -0.25) is 4.79 Å². The molecule has 154 valence electrons. The molecule has 1 heterocycles. The molecular weight excluding hydrogens is 370 g/mol. The average molecular weight is 401 g/mol. The molecule has 4 rings (SSSR count). The molecule has 0 unspecified atom stereocenters. The molecule has 0 saturated heterocycles. The summed E-state index contributed by atoms with van der Waals surface area (Å²) in [7, 11) is 0. The Morgan fingerprint density at radius 1 is 1.10 bits per heavy atom. The maximum Gasteiger partial charge on any atom is 0.253 e. The number of nitrogens with two attached hydrogens (primary N) is 1. The molecule has 2 aromatic carbocycles. The van der Waals surface area contributed by atoms with Crippen molar-refractivity contribution >= 4 is 5.91 Å². The van der Waals surface area contributed by atoms with E-state index in [0.29, 0.717) is 13.0 Å². The number of hydrogen-bond donors (Lipinski definition) is 1. The van der Waals surface area contributed by atoms with E-state index in [1.165, 1.54) is 18.7 Å². The summed E-state index contributed by atoms with van der Waals surface area (Å²) in [5.74, 6) is 1.65. The van der Waals surface area contributed by atoms with Crippen LogP contribution < -0.4 is 10.3 Å². The average Bonchev–Trinajstić information content (AvgIpc) is 3.53. The Hall–Kier alpha value is -3.14. The highest BCUT2D eigenvalue weighted by Crippen LogP contribution is 2.36. The summed E-state index contributed by atoms with van der Waals surface area (Å²) in [6.07, 6.45) is 12.1. The number of rotatable bonds is 9. The molecule has 0 aliphatic heterocycles. The molecule has 1 fully saturated rings. The van der Waals surface area contributed by atoms with Gasteiger partial charge in [0.05, 0.1) is 6.54 Å². The number of carbonyl (C=O) groups is 1. The van der Waals surface area contributed by atoms with Crippen LogP contribution in [0.4, 0.5) is 0 Å². The minimum atomic E-state index is -0.865. The Bertz CT molecular complexity index is 977. The van der Waals surface area contributed by atoms with Crippen LogP contribution in [0, 0.1) is 12.8 Å². The van der Waals surface area contributed by atoms with Crippen LogP contribution in [0.25, 0.3) is 0 Å². The van der Waals surface area contributed by atoms with Gasteiger partial charge in [0, 0.05) is 13.3 Å². The van der Waals surface area contributed by atoms with Gasteiger partial charge in [-0.15, -0.1) is 0 Å². The molecule has 30 heavy (non-hydrogen) atoms. The Kier molecular flexibility index (Phi) is 5.84. The van der Waals surface area contributed by atoms with Gasteiger partial charge in [0.25, 0.3) is 5.82 Å². The van der Waals surface area contributed by atoms with Crippen molar-refractivity contribution in [3.05, 3.63) is 102 Å². The highest BCUT2D eigenvalue weighted by molar-refractivity contribution is 5.90. The Balaban J connectivity index is 1.62. The van der Waals surface area contributed by atoms with Gasteiger partial charge in [-0.25, -0.2) is 9.13 Å². The van der Waals surface area contributed by atoms with Crippen LogP contribution in [-0.4, -0.2) is 10.5 Å².